The molecular formula is C11H13F. The van der Waals surface area contributed by atoms with E-state index in [0.29, 0.717) is 11.8 Å². The minimum atomic E-state index is -0.0981. The monoisotopic (exact) mass is 164 g/mol. The van der Waals surface area contributed by atoms with Crippen LogP contribution in [-0.4, -0.2) is 0 Å². The van der Waals surface area contributed by atoms with Crippen LogP contribution in [0.15, 0.2) is 18.2 Å². The molecule has 0 N–H and O–H groups in total. The molecule has 12 heavy (non-hydrogen) atoms. The zero-order valence-electron chi connectivity index (χ0n) is 7.47. The van der Waals surface area contributed by atoms with Crippen LogP contribution in [0.25, 0.3) is 0 Å². The molecule has 1 aliphatic rings. The molecule has 64 valence electrons. The quantitative estimate of drug-likeness (QED) is 0.598. The molecule has 0 saturated carbocycles. The Morgan fingerprint density at radius 1 is 1.42 bits per heavy atom. The summed E-state index contributed by atoms with van der Waals surface area (Å²) >= 11 is 0. The van der Waals surface area contributed by atoms with Crippen LogP contribution in [0, 0.1) is 11.7 Å². The van der Waals surface area contributed by atoms with Crippen LogP contribution in [0.5, 0.6) is 0 Å². The standard InChI is InChI=1S/C11H13F/c1-7(2)10-5-8-3-4-9(12)6-11(8)10/h3-4,6-7,10H,5H2,1-2H3/t10-/m0/s1. The van der Waals surface area contributed by atoms with Crippen LogP contribution < -0.4 is 0 Å². The van der Waals surface area contributed by atoms with Gasteiger partial charge in [-0.3, -0.25) is 0 Å². The van der Waals surface area contributed by atoms with Crippen molar-refractivity contribution in [2.75, 3.05) is 0 Å². The van der Waals surface area contributed by atoms with Gasteiger partial charge < -0.3 is 0 Å². The van der Waals surface area contributed by atoms with Gasteiger partial charge >= 0.3 is 0 Å². The van der Waals surface area contributed by atoms with Gasteiger partial charge in [-0.2, -0.15) is 0 Å². The van der Waals surface area contributed by atoms with Crippen molar-refractivity contribution in [2.45, 2.75) is 26.2 Å². The Kier molecular flexibility index (Phi) is 1.67. The summed E-state index contributed by atoms with van der Waals surface area (Å²) in [6, 6.07) is 5.14. The zero-order valence-corrected chi connectivity index (χ0v) is 7.47. The average molecular weight is 164 g/mol. The summed E-state index contributed by atoms with van der Waals surface area (Å²) in [5.41, 5.74) is 2.56. The van der Waals surface area contributed by atoms with E-state index in [2.05, 4.69) is 13.8 Å². The molecule has 0 unspecified atom stereocenters. The van der Waals surface area contributed by atoms with Crippen molar-refractivity contribution in [3.63, 3.8) is 0 Å². The fraction of sp³-hybridized carbons (Fsp3) is 0.455. The van der Waals surface area contributed by atoms with E-state index in [-0.39, 0.29) is 5.82 Å². The van der Waals surface area contributed by atoms with Gasteiger partial charge in [-0.15, -0.1) is 0 Å². The van der Waals surface area contributed by atoms with Crippen molar-refractivity contribution >= 4 is 0 Å². The molecule has 0 saturated heterocycles. The van der Waals surface area contributed by atoms with Crippen molar-refractivity contribution in [1.29, 1.82) is 0 Å². The van der Waals surface area contributed by atoms with Crippen molar-refractivity contribution in [3.8, 4) is 0 Å². The van der Waals surface area contributed by atoms with E-state index in [1.165, 1.54) is 11.1 Å². The van der Waals surface area contributed by atoms with E-state index in [0.717, 1.165) is 6.42 Å². The second kappa shape index (κ2) is 2.58. The summed E-state index contributed by atoms with van der Waals surface area (Å²) in [5.74, 6) is 1.13. The number of fused-ring (bicyclic) bond motifs is 1. The van der Waals surface area contributed by atoms with E-state index in [9.17, 15) is 4.39 Å². The zero-order chi connectivity index (χ0) is 8.72. The third kappa shape index (κ3) is 1.04. The van der Waals surface area contributed by atoms with E-state index in [1.807, 2.05) is 6.07 Å². The van der Waals surface area contributed by atoms with Crippen LogP contribution in [0.2, 0.25) is 0 Å². The Hall–Kier alpha value is -0.850. The first kappa shape index (κ1) is 7.78. The van der Waals surface area contributed by atoms with Gasteiger partial charge in [0, 0.05) is 0 Å². The summed E-state index contributed by atoms with van der Waals surface area (Å²) in [4.78, 5) is 0. The Balaban J connectivity index is 2.33. The second-order valence-corrected chi connectivity index (χ2v) is 3.90. The van der Waals surface area contributed by atoms with Gasteiger partial charge in [0.2, 0.25) is 0 Å². The lowest BCUT2D eigenvalue weighted by molar-refractivity contribution is 0.446. The molecule has 0 amide bonds. The summed E-state index contributed by atoms with van der Waals surface area (Å²) in [6.45, 7) is 4.39. The van der Waals surface area contributed by atoms with E-state index < -0.39 is 0 Å². The van der Waals surface area contributed by atoms with Gasteiger partial charge in [-0.05, 0) is 41.5 Å². The molecule has 0 aromatic heterocycles. The van der Waals surface area contributed by atoms with Gasteiger partial charge in [0.05, 0.1) is 0 Å². The maximum Gasteiger partial charge on any atom is 0.123 e. The molecule has 1 aromatic carbocycles. The predicted octanol–water partition coefficient (Wildman–Crippen LogP) is 3.12. The molecule has 1 heteroatoms. The maximum absolute atomic E-state index is 12.8. The van der Waals surface area contributed by atoms with Crippen molar-refractivity contribution in [2.24, 2.45) is 5.92 Å². The molecule has 0 heterocycles. The first-order chi connectivity index (χ1) is 5.68. The SMILES string of the molecule is CC(C)[C@@H]1Cc2ccc(F)cc21. The van der Waals surface area contributed by atoms with Gasteiger partial charge in [0.15, 0.2) is 0 Å². The molecule has 0 nitrogen and oxygen atoms in total. The topological polar surface area (TPSA) is 0 Å². The smallest absolute Gasteiger partial charge is 0.123 e. The molecule has 1 atom stereocenters. The summed E-state index contributed by atoms with van der Waals surface area (Å²) in [6.07, 6.45) is 1.13. The van der Waals surface area contributed by atoms with Crippen LogP contribution in [0.3, 0.4) is 0 Å². The molecule has 0 aliphatic heterocycles. The highest BCUT2D eigenvalue weighted by Crippen LogP contribution is 2.40. The Bertz CT molecular complexity index is 302. The van der Waals surface area contributed by atoms with Crippen LogP contribution in [-0.2, 0) is 6.42 Å². The van der Waals surface area contributed by atoms with Crippen LogP contribution in [0.1, 0.15) is 30.9 Å². The fourth-order valence-corrected chi connectivity index (χ4v) is 1.91. The minimum absolute atomic E-state index is 0.0981. The first-order valence-corrected chi connectivity index (χ1v) is 4.47. The molecule has 1 aromatic rings. The normalized spacial score (nSPS) is 20.5. The Labute approximate surface area is 72.4 Å². The number of benzene rings is 1. The highest BCUT2D eigenvalue weighted by atomic mass is 19.1. The molecule has 2 rings (SSSR count). The van der Waals surface area contributed by atoms with Crippen molar-refractivity contribution < 1.29 is 4.39 Å². The third-order valence-corrected chi connectivity index (χ3v) is 2.75. The van der Waals surface area contributed by atoms with E-state index in [1.54, 1.807) is 12.1 Å². The summed E-state index contributed by atoms with van der Waals surface area (Å²) in [5, 5.41) is 0. The molecular weight excluding hydrogens is 151 g/mol. The Morgan fingerprint density at radius 3 is 2.83 bits per heavy atom. The largest absolute Gasteiger partial charge is 0.207 e. The van der Waals surface area contributed by atoms with Crippen molar-refractivity contribution in [1.82, 2.24) is 0 Å². The van der Waals surface area contributed by atoms with E-state index >= 15 is 0 Å². The fourth-order valence-electron chi connectivity index (χ4n) is 1.91. The lowest BCUT2D eigenvalue weighted by atomic mass is 9.72. The summed E-state index contributed by atoms with van der Waals surface area (Å²) < 4.78 is 12.8. The summed E-state index contributed by atoms with van der Waals surface area (Å²) in [7, 11) is 0. The third-order valence-electron chi connectivity index (χ3n) is 2.75. The average Bonchev–Trinajstić information content (AvgIpc) is 1.95. The lowest BCUT2D eigenvalue weighted by Gasteiger charge is -2.33. The highest BCUT2D eigenvalue weighted by Gasteiger charge is 2.28. The predicted molar refractivity (Wildman–Crippen MR) is 47.7 cm³/mol. The molecule has 0 radical (unpaired) electrons. The van der Waals surface area contributed by atoms with Crippen LogP contribution in [0.4, 0.5) is 4.39 Å². The van der Waals surface area contributed by atoms with E-state index in [4.69, 9.17) is 0 Å². The van der Waals surface area contributed by atoms with Gasteiger partial charge in [0.25, 0.3) is 0 Å². The van der Waals surface area contributed by atoms with Crippen LogP contribution >= 0.6 is 0 Å². The van der Waals surface area contributed by atoms with Crippen molar-refractivity contribution in [3.05, 3.63) is 35.1 Å². The highest BCUT2D eigenvalue weighted by molar-refractivity contribution is 5.40. The number of halogens is 1. The number of hydrogen-bond donors (Lipinski definition) is 0. The second-order valence-electron chi connectivity index (χ2n) is 3.90. The minimum Gasteiger partial charge on any atom is -0.207 e. The molecule has 0 fully saturated rings. The molecule has 0 spiro atoms. The van der Waals surface area contributed by atoms with Gasteiger partial charge in [0.1, 0.15) is 5.82 Å². The number of rotatable bonds is 1. The molecule has 1 aliphatic carbocycles. The first-order valence-electron chi connectivity index (χ1n) is 4.47. The van der Waals surface area contributed by atoms with Gasteiger partial charge in [-0.1, -0.05) is 19.9 Å². The molecule has 0 bridgehead atoms. The Morgan fingerprint density at radius 2 is 2.17 bits per heavy atom. The van der Waals surface area contributed by atoms with Gasteiger partial charge in [-0.25, -0.2) is 4.39 Å². The number of hydrogen-bond acceptors (Lipinski definition) is 0. The lowest BCUT2D eigenvalue weighted by Crippen LogP contribution is -2.21. The maximum atomic E-state index is 12.8.